The lowest BCUT2D eigenvalue weighted by molar-refractivity contribution is -0.139. The summed E-state index contributed by atoms with van der Waals surface area (Å²) in [5.74, 6) is 0.250. The Morgan fingerprint density at radius 3 is 2.52 bits per heavy atom. The van der Waals surface area contributed by atoms with Gasteiger partial charge in [0.05, 0.1) is 10.6 Å². The van der Waals surface area contributed by atoms with Crippen molar-refractivity contribution in [2.45, 2.75) is 38.6 Å². The fourth-order valence-corrected chi connectivity index (χ4v) is 7.41. The summed E-state index contributed by atoms with van der Waals surface area (Å²) in [6.45, 7) is 3.50. The minimum atomic E-state index is -0.331. The Morgan fingerprint density at radius 2 is 1.77 bits per heavy atom. The maximum absolute atomic E-state index is 13.5. The average molecular weight is 611 g/mol. The van der Waals surface area contributed by atoms with Crippen LogP contribution in [0.4, 0.5) is 17.2 Å². The van der Waals surface area contributed by atoms with E-state index in [1.807, 2.05) is 70.5 Å². The third kappa shape index (κ3) is 5.55. The van der Waals surface area contributed by atoms with Gasteiger partial charge in [0.2, 0.25) is 5.91 Å². The van der Waals surface area contributed by atoms with E-state index in [0.29, 0.717) is 17.9 Å². The molecule has 1 atom stereocenters. The van der Waals surface area contributed by atoms with Crippen LogP contribution in [0.15, 0.2) is 59.5 Å². The highest BCUT2D eigenvalue weighted by Crippen LogP contribution is 2.34. The highest BCUT2D eigenvalue weighted by atomic mass is 32.1. The van der Waals surface area contributed by atoms with Crippen LogP contribution >= 0.6 is 11.3 Å². The molecule has 2 amide bonds. The number of fused-ring (bicyclic) bond motifs is 1. The molecular formula is C34H38N6O3S. The third-order valence-corrected chi connectivity index (χ3v) is 10.1. The van der Waals surface area contributed by atoms with Crippen LogP contribution in [0.5, 0.6) is 0 Å². The number of likely N-dealkylation sites (N-methyl/N-ethyl adjacent to an activating group) is 2. The van der Waals surface area contributed by atoms with Gasteiger partial charge in [0.25, 0.3) is 11.5 Å². The Kier molecular flexibility index (Phi) is 8.13. The van der Waals surface area contributed by atoms with Crippen molar-refractivity contribution >= 4 is 40.3 Å². The van der Waals surface area contributed by atoms with E-state index in [0.717, 1.165) is 46.6 Å². The van der Waals surface area contributed by atoms with Crippen LogP contribution in [-0.4, -0.2) is 65.4 Å². The van der Waals surface area contributed by atoms with Gasteiger partial charge in [-0.3, -0.25) is 19.3 Å². The first-order chi connectivity index (χ1) is 21.1. The number of piperazine rings is 1. The second-order valence-electron chi connectivity index (χ2n) is 11.9. The van der Waals surface area contributed by atoms with Crippen LogP contribution in [0.3, 0.4) is 0 Å². The van der Waals surface area contributed by atoms with Gasteiger partial charge < -0.3 is 19.7 Å². The predicted molar refractivity (Wildman–Crippen MR) is 176 cm³/mol. The fraction of sp³-hybridized carbons (Fsp3) is 0.353. The van der Waals surface area contributed by atoms with Gasteiger partial charge >= 0.3 is 0 Å². The number of nitrogens with zero attached hydrogens (tertiary/aromatic N) is 5. The van der Waals surface area contributed by atoms with Crippen molar-refractivity contribution in [2.75, 3.05) is 44.4 Å². The summed E-state index contributed by atoms with van der Waals surface area (Å²) in [5.41, 5.74) is 5.81. The first-order valence-electron chi connectivity index (χ1n) is 15.0. The van der Waals surface area contributed by atoms with Gasteiger partial charge in [-0.05, 0) is 80.6 Å². The summed E-state index contributed by atoms with van der Waals surface area (Å²) in [6.07, 6.45) is 6.19. The Bertz CT molecular complexity index is 1770. The van der Waals surface area contributed by atoms with Crippen molar-refractivity contribution < 1.29 is 9.59 Å². The van der Waals surface area contributed by atoms with Gasteiger partial charge in [-0.25, -0.2) is 4.98 Å². The van der Waals surface area contributed by atoms with E-state index in [1.165, 1.54) is 27.8 Å². The van der Waals surface area contributed by atoms with Crippen LogP contribution in [0, 0.1) is 6.92 Å². The number of carbonyl (C=O) groups excluding carboxylic acids is 2. The van der Waals surface area contributed by atoms with Crippen LogP contribution in [0.2, 0.25) is 0 Å². The molecule has 3 heterocycles. The highest BCUT2D eigenvalue weighted by molar-refractivity contribution is 7.14. The van der Waals surface area contributed by atoms with E-state index >= 15 is 0 Å². The van der Waals surface area contributed by atoms with Gasteiger partial charge in [0.1, 0.15) is 6.04 Å². The smallest absolute Gasteiger partial charge is 0.293 e. The van der Waals surface area contributed by atoms with Gasteiger partial charge in [-0.1, -0.05) is 24.3 Å². The van der Waals surface area contributed by atoms with Crippen molar-refractivity contribution in [3.63, 3.8) is 0 Å². The van der Waals surface area contributed by atoms with Crippen molar-refractivity contribution in [3.8, 4) is 11.3 Å². The number of aromatic nitrogens is 2. The first-order valence-corrected chi connectivity index (χ1v) is 15.8. The molecule has 1 aliphatic heterocycles. The fourth-order valence-electron chi connectivity index (χ4n) is 6.18. The number of rotatable bonds is 6. The lowest BCUT2D eigenvalue weighted by Crippen LogP contribution is -2.48. The van der Waals surface area contributed by atoms with E-state index in [4.69, 9.17) is 4.98 Å². The van der Waals surface area contributed by atoms with Crippen molar-refractivity contribution in [1.82, 2.24) is 19.4 Å². The molecule has 0 spiro atoms. The second kappa shape index (κ2) is 12.0. The zero-order valence-electron chi connectivity index (χ0n) is 25.9. The first kappa shape index (κ1) is 29.8. The Labute approximate surface area is 261 Å². The van der Waals surface area contributed by atoms with Crippen molar-refractivity contribution in [1.29, 1.82) is 0 Å². The molecular weight excluding hydrogens is 572 g/mol. The number of amides is 2. The molecule has 9 nitrogen and oxygen atoms in total. The van der Waals surface area contributed by atoms with Gasteiger partial charge in [-0.15, -0.1) is 11.3 Å². The SMILES string of the molecule is Cc1c(-c2cn(C)c(=O)c(Nc3ccc(C4C(=O)N(C)CCN4C)cc3)n2)cccc1N(C)C(=O)c1cc2c(s1)CCCC2. The number of hydrogen-bond donors (Lipinski definition) is 1. The van der Waals surface area contributed by atoms with Crippen LogP contribution < -0.4 is 15.8 Å². The quantitative estimate of drug-likeness (QED) is 0.324. The molecule has 1 fully saturated rings. The number of hydrogen-bond acceptors (Lipinski definition) is 7. The van der Waals surface area contributed by atoms with E-state index in [2.05, 4.69) is 16.3 Å². The number of aryl methyl sites for hydroxylation is 3. The summed E-state index contributed by atoms with van der Waals surface area (Å²) in [5, 5.41) is 3.19. The summed E-state index contributed by atoms with van der Waals surface area (Å²) in [4.78, 5) is 51.8. The van der Waals surface area contributed by atoms with Gasteiger partial charge in [-0.2, -0.15) is 0 Å². The molecule has 2 aromatic carbocycles. The molecule has 4 aromatic rings. The normalized spacial score (nSPS) is 17.0. The maximum Gasteiger partial charge on any atom is 0.293 e. The largest absolute Gasteiger partial charge is 0.343 e. The second-order valence-corrected chi connectivity index (χ2v) is 13.0. The number of thiophene rings is 1. The third-order valence-electron chi connectivity index (χ3n) is 8.85. The van der Waals surface area contributed by atoms with E-state index in [-0.39, 0.29) is 29.2 Å². The van der Waals surface area contributed by atoms with Crippen LogP contribution in [0.25, 0.3) is 11.3 Å². The number of anilines is 3. The Hall–Kier alpha value is -4.28. The topological polar surface area (TPSA) is 90.8 Å². The molecule has 0 bridgehead atoms. The number of nitrogens with one attached hydrogen (secondary N) is 1. The molecule has 1 aliphatic carbocycles. The number of benzene rings is 2. The van der Waals surface area contributed by atoms with Crippen molar-refractivity contribution in [3.05, 3.63) is 91.5 Å². The van der Waals surface area contributed by atoms with E-state index < -0.39 is 0 Å². The standard InChI is InChI=1S/C34H38N6O3S/c1-21-25(10-8-11-27(21)40(5)32(41)29-19-23-9-6-7-12-28(23)44-29)26-20-39(4)34(43)31(36-26)35-24-15-13-22(14-16-24)30-33(42)38(3)18-17-37(30)2/h8,10-11,13-16,19-20,30H,6-7,9,12,17-18H2,1-5H3,(H,35,36). The summed E-state index contributed by atoms with van der Waals surface area (Å²) in [7, 11) is 7.31. The minimum absolute atomic E-state index is 0.0170. The molecule has 44 heavy (non-hydrogen) atoms. The summed E-state index contributed by atoms with van der Waals surface area (Å²) < 4.78 is 1.52. The summed E-state index contributed by atoms with van der Waals surface area (Å²) >= 11 is 1.62. The predicted octanol–water partition coefficient (Wildman–Crippen LogP) is 5.16. The van der Waals surface area contributed by atoms with Crippen molar-refractivity contribution in [2.24, 2.45) is 7.05 Å². The average Bonchev–Trinajstić information content (AvgIpc) is 3.46. The molecule has 2 aromatic heterocycles. The maximum atomic E-state index is 13.5. The molecule has 1 saturated heterocycles. The van der Waals surface area contributed by atoms with Crippen LogP contribution in [0.1, 0.15) is 50.1 Å². The molecule has 0 radical (unpaired) electrons. The molecule has 2 aliphatic rings. The zero-order valence-corrected chi connectivity index (χ0v) is 26.7. The summed E-state index contributed by atoms with van der Waals surface area (Å²) in [6, 6.07) is 15.1. The lowest BCUT2D eigenvalue weighted by atomic mass is 9.99. The lowest BCUT2D eigenvalue weighted by Gasteiger charge is -2.37. The van der Waals surface area contributed by atoms with Gasteiger partial charge in [0.15, 0.2) is 5.82 Å². The zero-order chi connectivity index (χ0) is 31.1. The monoisotopic (exact) mass is 610 g/mol. The minimum Gasteiger partial charge on any atom is -0.343 e. The van der Waals surface area contributed by atoms with Crippen LogP contribution in [-0.2, 0) is 24.7 Å². The molecule has 1 N–H and O–H groups in total. The molecule has 10 heteroatoms. The highest BCUT2D eigenvalue weighted by Gasteiger charge is 2.32. The molecule has 6 rings (SSSR count). The van der Waals surface area contributed by atoms with Gasteiger partial charge in [0, 0.05) is 62.2 Å². The Balaban J connectivity index is 1.26. The molecule has 0 saturated carbocycles. The molecule has 228 valence electrons. The Morgan fingerprint density at radius 1 is 1.02 bits per heavy atom. The van der Waals surface area contributed by atoms with E-state index in [9.17, 15) is 14.4 Å². The van der Waals surface area contributed by atoms with E-state index in [1.54, 1.807) is 34.4 Å². The number of carbonyl (C=O) groups is 2. The molecule has 1 unspecified atom stereocenters.